The predicted octanol–water partition coefficient (Wildman–Crippen LogP) is -3.74. The van der Waals surface area contributed by atoms with Crippen molar-refractivity contribution in [2.45, 2.75) is 0 Å². The fraction of sp³-hybridized carbons (Fsp3) is 0.182. The van der Waals surface area contributed by atoms with E-state index in [9.17, 15) is 13.2 Å². The fourth-order valence-electron chi connectivity index (χ4n) is 1.65. The molecule has 0 saturated heterocycles. The first-order valence-electron chi connectivity index (χ1n) is 5.44. The van der Waals surface area contributed by atoms with Gasteiger partial charge in [-0.2, -0.15) is 8.42 Å². The van der Waals surface area contributed by atoms with E-state index in [1.165, 1.54) is 17.9 Å². The van der Waals surface area contributed by atoms with Crippen molar-refractivity contribution in [3.05, 3.63) is 36.0 Å². The lowest BCUT2D eigenvalue weighted by Gasteiger charge is -2.05. The number of nitrogens with one attached hydrogen (secondary N) is 2. The molecule has 0 fully saturated rings. The smallest absolute Gasteiger partial charge is 0.301 e. The Labute approximate surface area is 133 Å². The highest BCUT2D eigenvalue weighted by Crippen LogP contribution is 2.14. The molecule has 1 aromatic carbocycles. The van der Waals surface area contributed by atoms with E-state index in [-0.39, 0.29) is 29.5 Å². The molecule has 9 heteroatoms. The van der Waals surface area contributed by atoms with Gasteiger partial charge in [-0.25, -0.2) is 9.44 Å². The van der Waals surface area contributed by atoms with Crippen molar-refractivity contribution in [3.8, 4) is 0 Å². The quantitative estimate of drug-likeness (QED) is 0.404. The first-order valence-corrected chi connectivity index (χ1v) is 6.92. The summed E-state index contributed by atoms with van der Waals surface area (Å²) in [6.07, 6.45) is 1.48. The second-order valence-electron chi connectivity index (χ2n) is 3.87. The number of carbonyl (C=O) groups is 1. The van der Waals surface area contributed by atoms with Gasteiger partial charge in [-0.05, 0) is 11.2 Å². The van der Waals surface area contributed by atoms with Crippen LogP contribution in [0, 0.1) is 0 Å². The third-order valence-electron chi connectivity index (χ3n) is 2.52. The number of fused-ring (bicyclic) bond motifs is 1. The molecule has 0 bridgehead atoms. The van der Waals surface area contributed by atoms with Gasteiger partial charge in [0, 0.05) is 12.4 Å². The summed E-state index contributed by atoms with van der Waals surface area (Å²) in [4.78, 5) is 12.0. The number of aryl methyl sites for hydroxylation is 1. The average molecular weight is 408 g/mol. The van der Waals surface area contributed by atoms with E-state index in [4.69, 9.17) is 0 Å². The molecule has 0 atom stereocenters. The lowest BCUT2D eigenvalue weighted by molar-refractivity contribution is -0.728. The highest BCUT2D eigenvalue weighted by atomic mass is 127. The normalized spacial score (nSPS) is 10.9. The monoisotopic (exact) mass is 408 g/mol. The summed E-state index contributed by atoms with van der Waals surface area (Å²) in [6, 6.07) is 7.01. The Bertz CT molecular complexity index is 748. The van der Waals surface area contributed by atoms with Crippen LogP contribution in [0.1, 0.15) is 10.4 Å². The second-order valence-corrected chi connectivity index (χ2v) is 5.49. The molecule has 0 radical (unpaired) electrons. The Hall–Kier alpha value is -1.33. The Balaban J connectivity index is 0.00000200. The highest BCUT2D eigenvalue weighted by molar-refractivity contribution is 7.88. The van der Waals surface area contributed by atoms with Crippen LogP contribution in [0.25, 0.3) is 10.9 Å². The summed E-state index contributed by atoms with van der Waals surface area (Å²) in [5, 5.41) is 4.79. The maximum absolute atomic E-state index is 12.0. The van der Waals surface area contributed by atoms with E-state index in [0.717, 1.165) is 0 Å². The molecule has 0 aliphatic rings. The lowest BCUT2D eigenvalue weighted by Crippen LogP contribution is -3.00. The van der Waals surface area contributed by atoms with Gasteiger partial charge < -0.3 is 24.0 Å². The van der Waals surface area contributed by atoms with Crippen LogP contribution >= 0.6 is 0 Å². The summed E-state index contributed by atoms with van der Waals surface area (Å²) < 4.78 is 28.1. The minimum Gasteiger partial charge on any atom is -1.00 e. The van der Waals surface area contributed by atoms with Gasteiger partial charge >= 0.3 is 10.2 Å². The summed E-state index contributed by atoms with van der Waals surface area (Å²) in [5.74, 6) is -0.705. The van der Waals surface area contributed by atoms with Crippen molar-refractivity contribution in [2.24, 2.45) is 7.05 Å². The summed E-state index contributed by atoms with van der Waals surface area (Å²) in [5.41, 5.74) is 0.853. The van der Waals surface area contributed by atoms with E-state index in [1.54, 1.807) is 31.3 Å². The Kier molecular flexibility index (Phi) is 5.36. The van der Waals surface area contributed by atoms with Crippen LogP contribution in [0.15, 0.2) is 30.5 Å². The molecule has 1 amide bonds. The van der Waals surface area contributed by atoms with Crippen LogP contribution in [0.3, 0.4) is 0 Å². The molecule has 0 unspecified atom stereocenters. The van der Waals surface area contributed by atoms with Gasteiger partial charge in [-0.15, -0.1) is 0 Å². The highest BCUT2D eigenvalue weighted by Gasteiger charge is 2.20. The maximum Gasteiger partial charge on any atom is 0.301 e. The van der Waals surface area contributed by atoms with Crippen LogP contribution in [-0.4, -0.2) is 26.5 Å². The number of nitrogens with zero attached hydrogens (tertiary/aromatic N) is 2. The third kappa shape index (κ3) is 3.61. The molecule has 0 aliphatic heterocycles. The largest absolute Gasteiger partial charge is 1.00 e. The van der Waals surface area contributed by atoms with E-state index in [1.807, 2.05) is 9.44 Å². The van der Waals surface area contributed by atoms with Crippen molar-refractivity contribution in [1.82, 2.24) is 14.5 Å². The summed E-state index contributed by atoms with van der Waals surface area (Å²) >= 11 is 0. The minimum absolute atomic E-state index is 0. The fourth-order valence-corrected chi connectivity index (χ4v) is 2.11. The van der Waals surface area contributed by atoms with Gasteiger partial charge in [0.1, 0.15) is 11.1 Å². The first-order chi connectivity index (χ1) is 8.93. The Morgan fingerprint density at radius 3 is 2.60 bits per heavy atom. The molecule has 2 rings (SSSR count). The standard InChI is InChI=1S/C11H12N4O3S.HI/c1-12-19(17,18)14-11(16)9-7-15(2)13-10-6-4-3-5-8(9)10;/h3-7,12H,1-2H3;1H. The van der Waals surface area contributed by atoms with Crippen molar-refractivity contribution in [3.63, 3.8) is 0 Å². The van der Waals surface area contributed by atoms with Crippen molar-refractivity contribution < 1.29 is 41.9 Å². The number of benzene rings is 1. The number of carbonyl (C=O) groups excluding carboxylic acids is 1. The van der Waals surface area contributed by atoms with E-state index < -0.39 is 16.1 Å². The minimum atomic E-state index is -3.83. The van der Waals surface area contributed by atoms with Crippen LogP contribution in [0.5, 0.6) is 0 Å². The van der Waals surface area contributed by atoms with E-state index in [0.29, 0.717) is 10.9 Å². The van der Waals surface area contributed by atoms with Crippen molar-refractivity contribution in [1.29, 1.82) is 0 Å². The molecular weight excluding hydrogens is 395 g/mol. The van der Waals surface area contributed by atoms with Crippen LogP contribution in [0.4, 0.5) is 0 Å². The number of hydrogen-bond acceptors (Lipinski definition) is 4. The Morgan fingerprint density at radius 2 is 1.95 bits per heavy atom. The molecule has 108 valence electrons. The third-order valence-corrected chi connectivity index (χ3v) is 3.51. The topological polar surface area (TPSA) is 92.0 Å². The van der Waals surface area contributed by atoms with Gasteiger partial charge in [-0.3, -0.25) is 4.79 Å². The van der Waals surface area contributed by atoms with Crippen LogP contribution in [-0.2, 0) is 17.3 Å². The molecule has 20 heavy (non-hydrogen) atoms. The second kappa shape index (κ2) is 6.41. The van der Waals surface area contributed by atoms with Gasteiger partial charge in [0.25, 0.3) is 5.91 Å². The van der Waals surface area contributed by atoms with Gasteiger partial charge in [-0.1, -0.05) is 22.9 Å². The van der Waals surface area contributed by atoms with Crippen molar-refractivity contribution in [2.75, 3.05) is 7.05 Å². The molecule has 7 nitrogen and oxygen atoms in total. The van der Waals surface area contributed by atoms with Gasteiger partial charge in [0.2, 0.25) is 6.20 Å². The molecule has 1 aromatic heterocycles. The molecule has 2 N–H and O–H groups in total. The maximum atomic E-state index is 12.0. The summed E-state index contributed by atoms with van der Waals surface area (Å²) in [6.45, 7) is 0. The van der Waals surface area contributed by atoms with Crippen LogP contribution < -0.4 is 38.1 Å². The zero-order valence-electron chi connectivity index (χ0n) is 10.8. The number of halogens is 1. The number of hydrogen-bond donors (Lipinski definition) is 2. The van der Waals surface area contributed by atoms with Gasteiger partial charge in [0.05, 0.1) is 0 Å². The zero-order valence-corrected chi connectivity index (χ0v) is 13.8. The number of rotatable bonds is 3. The first kappa shape index (κ1) is 16.7. The summed E-state index contributed by atoms with van der Waals surface area (Å²) in [7, 11) is -0.943. The van der Waals surface area contributed by atoms with E-state index >= 15 is 0 Å². The average Bonchev–Trinajstić information content (AvgIpc) is 2.37. The molecular formula is C11H13IN4O3S. The number of amides is 1. The van der Waals surface area contributed by atoms with Crippen molar-refractivity contribution >= 4 is 27.0 Å². The SMILES string of the molecule is CNS(=O)(=O)NC(=O)c1c[n+](C)nc2ccccc12.[I-]. The Morgan fingerprint density at radius 1 is 1.30 bits per heavy atom. The van der Waals surface area contributed by atoms with E-state index in [2.05, 4.69) is 5.10 Å². The molecule has 0 saturated carbocycles. The zero-order chi connectivity index (χ0) is 14.0. The molecule has 2 aromatic rings. The number of aromatic nitrogens is 2. The molecule has 0 aliphatic carbocycles. The lowest BCUT2D eigenvalue weighted by atomic mass is 10.1. The molecule has 0 spiro atoms. The molecule has 1 heterocycles. The van der Waals surface area contributed by atoms with Gasteiger partial charge in [0.15, 0.2) is 7.05 Å². The predicted molar refractivity (Wildman–Crippen MR) is 68.4 cm³/mol. The van der Waals surface area contributed by atoms with Crippen LogP contribution in [0.2, 0.25) is 0 Å².